The molecule has 0 saturated heterocycles. The normalized spacial score (nSPS) is 13.1. The van der Waals surface area contributed by atoms with Gasteiger partial charge >= 0.3 is 0 Å². The Morgan fingerprint density at radius 3 is 2.68 bits per heavy atom. The summed E-state index contributed by atoms with van der Waals surface area (Å²) in [5, 5.41) is 2.96. The van der Waals surface area contributed by atoms with Gasteiger partial charge in [-0.15, -0.1) is 12.4 Å². The standard InChI is InChI=1S/C11H16N2O4S.ClH/c1-12-5-2-6-13-18(14,15)9-3-4-10-11(7-9)17-8-16-10;/h3-4,7,12-13H,2,5-6,8H2,1H3;1H. The second kappa shape index (κ2) is 6.95. The summed E-state index contributed by atoms with van der Waals surface area (Å²) in [6, 6.07) is 4.58. The SMILES string of the molecule is CNCCCNS(=O)(=O)c1ccc2c(c1)OCO2.Cl. The topological polar surface area (TPSA) is 76.7 Å². The lowest BCUT2D eigenvalue weighted by Gasteiger charge is -2.07. The first-order chi connectivity index (χ1) is 8.63. The highest BCUT2D eigenvalue weighted by Gasteiger charge is 2.19. The van der Waals surface area contributed by atoms with E-state index < -0.39 is 10.0 Å². The number of rotatable bonds is 6. The van der Waals surface area contributed by atoms with Gasteiger partial charge in [0.15, 0.2) is 11.5 Å². The molecule has 0 atom stereocenters. The van der Waals surface area contributed by atoms with Crippen LogP contribution in [-0.2, 0) is 10.0 Å². The molecule has 1 heterocycles. The zero-order chi connectivity index (χ0) is 13.0. The van der Waals surface area contributed by atoms with E-state index in [0.717, 1.165) is 13.0 Å². The van der Waals surface area contributed by atoms with Crippen molar-refractivity contribution in [3.63, 3.8) is 0 Å². The van der Waals surface area contributed by atoms with Crippen molar-refractivity contribution in [2.24, 2.45) is 0 Å². The lowest BCUT2D eigenvalue weighted by Crippen LogP contribution is -2.26. The smallest absolute Gasteiger partial charge is 0.240 e. The second-order valence-corrected chi connectivity index (χ2v) is 5.64. The lowest BCUT2D eigenvalue weighted by atomic mass is 10.3. The van der Waals surface area contributed by atoms with Crippen LogP contribution in [0.1, 0.15) is 6.42 Å². The molecular weight excluding hydrogens is 292 g/mol. The Bertz CT molecular complexity index is 521. The number of halogens is 1. The quantitative estimate of drug-likeness (QED) is 0.758. The fraction of sp³-hybridized carbons (Fsp3) is 0.455. The van der Waals surface area contributed by atoms with E-state index in [1.807, 2.05) is 7.05 Å². The summed E-state index contributed by atoms with van der Waals surface area (Å²) in [4.78, 5) is 0.191. The van der Waals surface area contributed by atoms with E-state index in [0.29, 0.717) is 18.0 Å². The second-order valence-electron chi connectivity index (χ2n) is 3.87. The fourth-order valence-electron chi connectivity index (χ4n) is 1.60. The number of ether oxygens (including phenoxy) is 2. The molecule has 2 N–H and O–H groups in total. The molecule has 0 amide bonds. The minimum Gasteiger partial charge on any atom is -0.454 e. The molecule has 0 fully saturated rings. The van der Waals surface area contributed by atoms with E-state index in [2.05, 4.69) is 10.0 Å². The summed E-state index contributed by atoms with van der Waals surface area (Å²) in [7, 11) is -1.65. The fourth-order valence-corrected chi connectivity index (χ4v) is 2.69. The molecule has 6 nitrogen and oxygen atoms in total. The molecule has 1 aromatic carbocycles. The van der Waals surface area contributed by atoms with Crippen LogP contribution in [0.25, 0.3) is 0 Å². The molecule has 1 aromatic rings. The number of hydrogen-bond donors (Lipinski definition) is 2. The van der Waals surface area contributed by atoms with Crippen molar-refractivity contribution in [1.29, 1.82) is 0 Å². The van der Waals surface area contributed by atoms with Crippen LogP contribution in [0.4, 0.5) is 0 Å². The molecule has 0 spiro atoms. The van der Waals surface area contributed by atoms with Crippen LogP contribution in [0.5, 0.6) is 11.5 Å². The van der Waals surface area contributed by atoms with Crippen LogP contribution in [0.15, 0.2) is 23.1 Å². The van der Waals surface area contributed by atoms with Crippen molar-refractivity contribution >= 4 is 22.4 Å². The molecular formula is C11H17ClN2O4S. The lowest BCUT2D eigenvalue weighted by molar-refractivity contribution is 0.174. The molecule has 0 aromatic heterocycles. The number of fused-ring (bicyclic) bond motifs is 1. The number of nitrogens with one attached hydrogen (secondary N) is 2. The maximum absolute atomic E-state index is 12.0. The van der Waals surface area contributed by atoms with Crippen LogP contribution in [0.2, 0.25) is 0 Å². The number of benzene rings is 1. The van der Waals surface area contributed by atoms with Crippen molar-refractivity contribution in [2.45, 2.75) is 11.3 Å². The van der Waals surface area contributed by atoms with Gasteiger partial charge in [0, 0.05) is 12.6 Å². The Morgan fingerprint density at radius 1 is 1.21 bits per heavy atom. The average Bonchev–Trinajstić information content (AvgIpc) is 2.82. The first-order valence-corrected chi connectivity index (χ1v) is 7.16. The molecule has 1 aliphatic rings. The van der Waals surface area contributed by atoms with Crippen molar-refractivity contribution in [3.05, 3.63) is 18.2 Å². The average molecular weight is 309 g/mol. The maximum atomic E-state index is 12.0. The van der Waals surface area contributed by atoms with Crippen molar-refractivity contribution in [1.82, 2.24) is 10.0 Å². The first kappa shape index (κ1) is 16.0. The summed E-state index contributed by atoms with van der Waals surface area (Å²) >= 11 is 0. The minimum absolute atomic E-state index is 0. The largest absolute Gasteiger partial charge is 0.454 e. The Balaban J connectivity index is 0.00000180. The zero-order valence-corrected chi connectivity index (χ0v) is 12.1. The predicted octanol–water partition coefficient (Wildman–Crippen LogP) is 0.725. The van der Waals surface area contributed by atoms with Gasteiger partial charge in [-0.2, -0.15) is 0 Å². The molecule has 0 unspecified atom stereocenters. The molecule has 0 radical (unpaired) electrons. The molecule has 0 saturated carbocycles. The van der Waals surface area contributed by atoms with Crippen LogP contribution >= 0.6 is 12.4 Å². The van der Waals surface area contributed by atoms with E-state index in [1.165, 1.54) is 12.1 Å². The van der Waals surface area contributed by atoms with Crippen LogP contribution < -0.4 is 19.5 Å². The van der Waals surface area contributed by atoms with Gasteiger partial charge in [0.2, 0.25) is 16.8 Å². The molecule has 0 bridgehead atoms. The minimum atomic E-state index is -3.48. The van der Waals surface area contributed by atoms with Gasteiger partial charge in [0.05, 0.1) is 4.90 Å². The summed E-state index contributed by atoms with van der Waals surface area (Å²) in [5.74, 6) is 1.04. The van der Waals surface area contributed by atoms with Crippen LogP contribution in [0, 0.1) is 0 Å². The van der Waals surface area contributed by atoms with E-state index in [1.54, 1.807) is 6.07 Å². The molecule has 108 valence electrons. The van der Waals surface area contributed by atoms with Crippen LogP contribution in [0.3, 0.4) is 0 Å². The molecule has 2 rings (SSSR count). The van der Waals surface area contributed by atoms with Gasteiger partial charge in [-0.05, 0) is 32.1 Å². The Labute approximate surface area is 118 Å². The Kier molecular flexibility index (Phi) is 5.86. The molecule has 19 heavy (non-hydrogen) atoms. The number of hydrogen-bond acceptors (Lipinski definition) is 5. The van der Waals surface area contributed by atoms with Gasteiger partial charge in [-0.25, -0.2) is 13.1 Å². The van der Waals surface area contributed by atoms with E-state index in [9.17, 15) is 8.42 Å². The monoisotopic (exact) mass is 308 g/mol. The van der Waals surface area contributed by atoms with E-state index >= 15 is 0 Å². The van der Waals surface area contributed by atoms with Crippen molar-refractivity contribution < 1.29 is 17.9 Å². The Morgan fingerprint density at radius 2 is 1.95 bits per heavy atom. The molecule has 8 heteroatoms. The summed E-state index contributed by atoms with van der Waals surface area (Å²) in [6.45, 7) is 1.30. The first-order valence-electron chi connectivity index (χ1n) is 5.67. The third kappa shape index (κ3) is 3.97. The highest BCUT2D eigenvalue weighted by molar-refractivity contribution is 7.89. The highest BCUT2D eigenvalue weighted by atomic mass is 35.5. The Hall–Kier alpha value is -1.02. The van der Waals surface area contributed by atoms with E-state index in [-0.39, 0.29) is 24.1 Å². The van der Waals surface area contributed by atoms with Crippen molar-refractivity contribution in [3.8, 4) is 11.5 Å². The molecule has 0 aliphatic carbocycles. The van der Waals surface area contributed by atoms with Crippen molar-refractivity contribution in [2.75, 3.05) is 26.9 Å². The zero-order valence-electron chi connectivity index (χ0n) is 10.5. The van der Waals surface area contributed by atoms with Gasteiger partial charge in [0.25, 0.3) is 0 Å². The highest BCUT2D eigenvalue weighted by Crippen LogP contribution is 2.33. The van der Waals surface area contributed by atoms with Gasteiger partial charge in [0.1, 0.15) is 0 Å². The summed E-state index contributed by atoms with van der Waals surface area (Å²) in [5.41, 5.74) is 0. The molecule has 1 aliphatic heterocycles. The van der Waals surface area contributed by atoms with E-state index in [4.69, 9.17) is 9.47 Å². The van der Waals surface area contributed by atoms with Crippen LogP contribution in [-0.4, -0.2) is 35.3 Å². The van der Waals surface area contributed by atoms with Gasteiger partial charge in [-0.3, -0.25) is 0 Å². The van der Waals surface area contributed by atoms with Gasteiger partial charge in [-0.1, -0.05) is 0 Å². The predicted molar refractivity (Wildman–Crippen MR) is 73.5 cm³/mol. The third-order valence-corrected chi connectivity index (χ3v) is 4.01. The third-order valence-electron chi connectivity index (χ3n) is 2.55. The number of sulfonamides is 1. The maximum Gasteiger partial charge on any atom is 0.240 e. The summed E-state index contributed by atoms with van der Waals surface area (Å²) < 4.78 is 36.8. The van der Waals surface area contributed by atoms with Gasteiger partial charge < -0.3 is 14.8 Å². The summed E-state index contributed by atoms with van der Waals surface area (Å²) in [6.07, 6.45) is 0.736.